The van der Waals surface area contributed by atoms with Gasteiger partial charge in [0.15, 0.2) is 0 Å². The number of benzene rings is 1. The summed E-state index contributed by atoms with van der Waals surface area (Å²) in [7, 11) is 0. The summed E-state index contributed by atoms with van der Waals surface area (Å²) in [6, 6.07) is 2.53. The Labute approximate surface area is 116 Å². The zero-order valence-electron chi connectivity index (χ0n) is 10.2. The number of alkyl halides is 3. The predicted octanol–water partition coefficient (Wildman–Crippen LogP) is 3.61. The number of rotatable bonds is 1. The van der Waals surface area contributed by atoms with Gasteiger partial charge in [-0.1, -0.05) is 0 Å². The van der Waals surface area contributed by atoms with Crippen LogP contribution in [0.25, 0.3) is 10.6 Å². The highest BCUT2D eigenvalue weighted by atomic mass is 32.1. The first kappa shape index (κ1) is 13.5. The van der Waals surface area contributed by atoms with Crippen molar-refractivity contribution in [3.8, 4) is 10.6 Å². The SMILES string of the molecule is Fc1cc(-c2nc3c(s2)CNCC3)cc(C(F)(F)F)c1. The first-order valence-corrected chi connectivity index (χ1v) is 6.82. The quantitative estimate of drug-likeness (QED) is 0.814. The molecule has 1 aromatic carbocycles. The molecule has 20 heavy (non-hydrogen) atoms. The van der Waals surface area contributed by atoms with Crippen LogP contribution in [0.5, 0.6) is 0 Å². The number of nitrogens with zero attached hydrogens (tertiary/aromatic N) is 1. The Bertz CT molecular complexity index is 625. The number of fused-ring (bicyclic) bond motifs is 1. The van der Waals surface area contributed by atoms with Crippen LogP contribution in [0.1, 0.15) is 16.1 Å². The largest absolute Gasteiger partial charge is 0.416 e. The smallest absolute Gasteiger partial charge is 0.311 e. The van der Waals surface area contributed by atoms with Crippen molar-refractivity contribution >= 4 is 11.3 Å². The zero-order chi connectivity index (χ0) is 14.3. The highest BCUT2D eigenvalue weighted by Crippen LogP contribution is 2.35. The molecule has 3 rings (SSSR count). The highest BCUT2D eigenvalue weighted by Gasteiger charge is 2.31. The Kier molecular flexibility index (Phi) is 3.25. The first-order chi connectivity index (χ1) is 9.43. The lowest BCUT2D eigenvalue weighted by Gasteiger charge is -2.09. The third-order valence-electron chi connectivity index (χ3n) is 3.07. The van der Waals surface area contributed by atoms with Crippen LogP contribution in [0.15, 0.2) is 18.2 Å². The van der Waals surface area contributed by atoms with Crippen molar-refractivity contribution in [3.05, 3.63) is 40.2 Å². The first-order valence-electron chi connectivity index (χ1n) is 6.01. The normalized spacial score (nSPS) is 15.2. The third-order valence-corrected chi connectivity index (χ3v) is 4.22. The third kappa shape index (κ3) is 2.55. The fourth-order valence-corrected chi connectivity index (χ4v) is 3.19. The standard InChI is InChI=1S/C13H10F4N2S/c14-9-4-7(3-8(5-9)13(15,16)17)12-19-10-1-2-18-6-11(10)20-12/h3-5,18H,1-2,6H2. The second-order valence-electron chi connectivity index (χ2n) is 4.54. The van der Waals surface area contributed by atoms with Gasteiger partial charge in [-0.3, -0.25) is 0 Å². The van der Waals surface area contributed by atoms with E-state index in [0.717, 1.165) is 35.7 Å². The molecule has 0 radical (unpaired) electrons. The van der Waals surface area contributed by atoms with Crippen molar-refractivity contribution in [2.24, 2.45) is 0 Å². The molecule has 0 saturated carbocycles. The van der Waals surface area contributed by atoms with Crippen LogP contribution >= 0.6 is 11.3 Å². The topological polar surface area (TPSA) is 24.9 Å². The van der Waals surface area contributed by atoms with E-state index in [1.165, 1.54) is 11.3 Å². The molecule has 1 N–H and O–H groups in total. The summed E-state index contributed by atoms with van der Waals surface area (Å²) in [5, 5.41) is 3.60. The second-order valence-corrected chi connectivity index (χ2v) is 5.63. The van der Waals surface area contributed by atoms with Gasteiger partial charge in [0.05, 0.1) is 11.3 Å². The summed E-state index contributed by atoms with van der Waals surface area (Å²) < 4.78 is 51.5. The molecule has 0 saturated heterocycles. The Balaban J connectivity index is 2.05. The van der Waals surface area contributed by atoms with E-state index in [2.05, 4.69) is 10.3 Å². The van der Waals surface area contributed by atoms with Gasteiger partial charge in [0.2, 0.25) is 0 Å². The summed E-state index contributed by atoms with van der Waals surface area (Å²) >= 11 is 1.31. The van der Waals surface area contributed by atoms with E-state index in [0.29, 0.717) is 17.6 Å². The zero-order valence-corrected chi connectivity index (χ0v) is 11.0. The summed E-state index contributed by atoms with van der Waals surface area (Å²) in [6.45, 7) is 1.46. The molecule has 1 aliphatic heterocycles. The average Bonchev–Trinajstić information content (AvgIpc) is 2.80. The average molecular weight is 302 g/mol. The molecule has 7 heteroatoms. The minimum absolute atomic E-state index is 0.178. The fraction of sp³-hybridized carbons (Fsp3) is 0.308. The number of hydrogen-bond acceptors (Lipinski definition) is 3. The lowest BCUT2D eigenvalue weighted by Crippen LogP contribution is -2.22. The van der Waals surface area contributed by atoms with Gasteiger partial charge in [-0.25, -0.2) is 9.37 Å². The van der Waals surface area contributed by atoms with Crippen LogP contribution in [-0.4, -0.2) is 11.5 Å². The maximum atomic E-state index is 13.4. The van der Waals surface area contributed by atoms with Crippen molar-refractivity contribution < 1.29 is 17.6 Å². The van der Waals surface area contributed by atoms with Gasteiger partial charge in [0, 0.05) is 30.0 Å². The maximum absolute atomic E-state index is 13.4. The minimum Gasteiger partial charge on any atom is -0.311 e. The molecule has 0 fully saturated rings. The molecule has 2 nitrogen and oxygen atoms in total. The Hall–Kier alpha value is -1.47. The molecular formula is C13H10F4N2S. The molecule has 0 amide bonds. The molecule has 1 aliphatic rings. The van der Waals surface area contributed by atoms with Gasteiger partial charge in [-0.15, -0.1) is 11.3 Å². The van der Waals surface area contributed by atoms with Crippen LogP contribution < -0.4 is 5.32 Å². The van der Waals surface area contributed by atoms with E-state index < -0.39 is 17.6 Å². The molecule has 0 unspecified atom stereocenters. The van der Waals surface area contributed by atoms with Crippen molar-refractivity contribution in [3.63, 3.8) is 0 Å². The van der Waals surface area contributed by atoms with Gasteiger partial charge in [-0.05, 0) is 18.2 Å². The summed E-state index contributed by atoms with van der Waals surface area (Å²) in [6.07, 6.45) is -3.82. The van der Waals surface area contributed by atoms with Crippen LogP contribution in [-0.2, 0) is 19.1 Å². The Morgan fingerprint density at radius 3 is 2.70 bits per heavy atom. The van der Waals surface area contributed by atoms with Gasteiger partial charge in [-0.2, -0.15) is 13.2 Å². The number of thiazole rings is 1. The van der Waals surface area contributed by atoms with E-state index in [1.807, 2.05) is 0 Å². The van der Waals surface area contributed by atoms with Gasteiger partial charge >= 0.3 is 6.18 Å². The van der Waals surface area contributed by atoms with Crippen LogP contribution in [0, 0.1) is 5.82 Å². The number of halogens is 4. The fourth-order valence-electron chi connectivity index (χ4n) is 2.13. The van der Waals surface area contributed by atoms with Gasteiger partial charge < -0.3 is 5.32 Å². The lowest BCUT2D eigenvalue weighted by molar-refractivity contribution is -0.137. The second kappa shape index (κ2) is 4.82. The molecule has 0 spiro atoms. The summed E-state index contributed by atoms with van der Waals surface area (Å²) in [4.78, 5) is 5.33. The Morgan fingerprint density at radius 2 is 2.00 bits per heavy atom. The number of nitrogens with one attached hydrogen (secondary N) is 1. The molecular weight excluding hydrogens is 292 g/mol. The molecule has 1 aromatic heterocycles. The van der Waals surface area contributed by atoms with E-state index in [9.17, 15) is 17.6 Å². The predicted molar refractivity (Wildman–Crippen MR) is 67.9 cm³/mol. The molecule has 0 aliphatic carbocycles. The van der Waals surface area contributed by atoms with Crippen LogP contribution in [0.3, 0.4) is 0 Å². The van der Waals surface area contributed by atoms with Crippen LogP contribution in [0.4, 0.5) is 17.6 Å². The molecule has 2 heterocycles. The minimum atomic E-state index is -4.56. The van der Waals surface area contributed by atoms with Crippen molar-refractivity contribution in [2.45, 2.75) is 19.1 Å². The molecule has 106 valence electrons. The molecule has 0 bridgehead atoms. The molecule has 2 aromatic rings. The van der Waals surface area contributed by atoms with Crippen molar-refractivity contribution in [2.75, 3.05) is 6.54 Å². The van der Waals surface area contributed by atoms with Crippen molar-refractivity contribution in [1.29, 1.82) is 0 Å². The van der Waals surface area contributed by atoms with Crippen LogP contribution in [0.2, 0.25) is 0 Å². The highest BCUT2D eigenvalue weighted by molar-refractivity contribution is 7.15. The number of aromatic nitrogens is 1. The summed E-state index contributed by atoms with van der Waals surface area (Å²) in [5.41, 5.74) is 0.0806. The van der Waals surface area contributed by atoms with E-state index in [-0.39, 0.29) is 5.56 Å². The molecule has 0 atom stereocenters. The van der Waals surface area contributed by atoms with E-state index in [1.54, 1.807) is 0 Å². The van der Waals surface area contributed by atoms with E-state index in [4.69, 9.17) is 0 Å². The van der Waals surface area contributed by atoms with Gasteiger partial charge in [0.1, 0.15) is 10.8 Å². The van der Waals surface area contributed by atoms with Crippen molar-refractivity contribution in [1.82, 2.24) is 10.3 Å². The summed E-state index contributed by atoms with van der Waals surface area (Å²) in [5.74, 6) is -0.902. The lowest BCUT2D eigenvalue weighted by atomic mass is 10.1. The Morgan fingerprint density at radius 1 is 1.20 bits per heavy atom. The maximum Gasteiger partial charge on any atom is 0.416 e. The van der Waals surface area contributed by atoms with E-state index >= 15 is 0 Å². The number of hydrogen-bond donors (Lipinski definition) is 1. The van der Waals surface area contributed by atoms with Gasteiger partial charge in [0.25, 0.3) is 0 Å². The monoisotopic (exact) mass is 302 g/mol.